The minimum atomic E-state index is -3.33. The number of benzene rings is 2. The fraction of sp³-hybridized carbons (Fsp3) is 0.458. The van der Waals surface area contributed by atoms with Gasteiger partial charge in [-0.2, -0.15) is 0 Å². The Morgan fingerprint density at radius 1 is 1.06 bits per heavy atom. The number of piperazine rings is 1. The highest BCUT2D eigenvalue weighted by Crippen LogP contribution is 2.25. The molecule has 0 spiro atoms. The molecule has 0 unspecified atom stereocenters. The van der Waals surface area contributed by atoms with Crippen molar-refractivity contribution in [3.05, 3.63) is 53.6 Å². The summed E-state index contributed by atoms with van der Waals surface area (Å²) >= 11 is 0. The second-order valence-electron chi connectivity index (χ2n) is 8.27. The van der Waals surface area contributed by atoms with Crippen molar-refractivity contribution in [3.63, 3.8) is 0 Å². The van der Waals surface area contributed by atoms with Gasteiger partial charge in [-0.15, -0.1) is 0 Å². The van der Waals surface area contributed by atoms with Gasteiger partial charge in [-0.05, 0) is 61.7 Å². The summed E-state index contributed by atoms with van der Waals surface area (Å²) in [6.07, 6.45) is 1.14. The van der Waals surface area contributed by atoms with Crippen LogP contribution >= 0.6 is 0 Å². The van der Waals surface area contributed by atoms with Crippen molar-refractivity contribution in [1.82, 2.24) is 4.90 Å². The van der Waals surface area contributed by atoms with Crippen molar-refractivity contribution in [2.75, 3.05) is 48.7 Å². The predicted molar refractivity (Wildman–Crippen MR) is 129 cm³/mol. The van der Waals surface area contributed by atoms with Crippen LogP contribution in [0.2, 0.25) is 0 Å². The summed E-state index contributed by atoms with van der Waals surface area (Å²) in [4.78, 5) is 17.3. The summed E-state index contributed by atoms with van der Waals surface area (Å²) in [5.74, 6) is 0.537. The van der Waals surface area contributed by atoms with Gasteiger partial charge >= 0.3 is 0 Å². The Balaban J connectivity index is 1.61. The molecule has 7 nitrogen and oxygen atoms in total. The Bertz CT molecular complexity index is 1050. The minimum Gasteiger partial charge on any atom is -0.481 e. The number of carbonyl (C=O) groups is 1. The van der Waals surface area contributed by atoms with E-state index in [1.165, 1.54) is 28.2 Å². The Hall–Kier alpha value is -2.74. The lowest BCUT2D eigenvalue weighted by Gasteiger charge is -2.38. The van der Waals surface area contributed by atoms with Gasteiger partial charge in [0.15, 0.2) is 6.10 Å². The van der Waals surface area contributed by atoms with Gasteiger partial charge in [-0.25, -0.2) is 8.42 Å². The Morgan fingerprint density at radius 3 is 2.25 bits per heavy atom. The summed E-state index contributed by atoms with van der Waals surface area (Å²) in [6, 6.07) is 13.1. The van der Waals surface area contributed by atoms with Crippen LogP contribution < -0.4 is 13.9 Å². The first-order chi connectivity index (χ1) is 15.1. The second kappa shape index (κ2) is 9.81. The number of hydrogen-bond acceptors (Lipinski definition) is 5. The SMILES string of the molecule is CC[C@@H](Oc1ccc(N(C)S(C)(=O)=O)cc1)C(=O)N1CCN(c2cccc(C)c2C)CC1. The number of amides is 1. The van der Waals surface area contributed by atoms with E-state index in [2.05, 4.69) is 36.9 Å². The van der Waals surface area contributed by atoms with Crippen molar-refractivity contribution >= 4 is 27.3 Å². The molecule has 32 heavy (non-hydrogen) atoms. The monoisotopic (exact) mass is 459 g/mol. The van der Waals surface area contributed by atoms with Gasteiger partial charge in [0.05, 0.1) is 11.9 Å². The maximum absolute atomic E-state index is 13.1. The van der Waals surface area contributed by atoms with Crippen LogP contribution in [-0.2, 0) is 14.8 Å². The molecule has 0 saturated carbocycles. The number of anilines is 2. The average molecular weight is 460 g/mol. The van der Waals surface area contributed by atoms with E-state index in [9.17, 15) is 13.2 Å². The summed E-state index contributed by atoms with van der Waals surface area (Å²) in [6.45, 7) is 9.09. The van der Waals surface area contributed by atoms with E-state index in [1.54, 1.807) is 24.3 Å². The van der Waals surface area contributed by atoms with Gasteiger partial charge in [0.1, 0.15) is 5.75 Å². The molecule has 174 valence electrons. The maximum Gasteiger partial charge on any atom is 0.263 e. The van der Waals surface area contributed by atoms with E-state index in [1.807, 2.05) is 11.8 Å². The van der Waals surface area contributed by atoms with Crippen LogP contribution in [0.25, 0.3) is 0 Å². The summed E-state index contributed by atoms with van der Waals surface area (Å²) in [5, 5.41) is 0. The number of sulfonamides is 1. The quantitative estimate of drug-likeness (QED) is 0.636. The highest BCUT2D eigenvalue weighted by molar-refractivity contribution is 7.92. The van der Waals surface area contributed by atoms with Crippen molar-refractivity contribution in [2.45, 2.75) is 33.3 Å². The molecule has 1 atom stereocenters. The van der Waals surface area contributed by atoms with Crippen LogP contribution in [-0.4, -0.2) is 64.8 Å². The fourth-order valence-electron chi connectivity index (χ4n) is 3.85. The first kappa shape index (κ1) is 23.9. The zero-order valence-corrected chi connectivity index (χ0v) is 20.4. The van der Waals surface area contributed by atoms with E-state index in [4.69, 9.17) is 4.74 Å². The Morgan fingerprint density at radius 2 is 1.69 bits per heavy atom. The van der Waals surface area contributed by atoms with Crippen LogP contribution in [0, 0.1) is 13.8 Å². The topological polar surface area (TPSA) is 70.2 Å². The average Bonchev–Trinajstić information content (AvgIpc) is 2.78. The number of carbonyl (C=O) groups excluding carboxylic acids is 1. The number of hydrogen-bond donors (Lipinski definition) is 0. The Labute approximate surface area is 191 Å². The molecule has 1 fully saturated rings. The highest BCUT2D eigenvalue weighted by Gasteiger charge is 2.28. The third-order valence-corrected chi connectivity index (χ3v) is 7.34. The molecule has 8 heteroatoms. The van der Waals surface area contributed by atoms with Gasteiger partial charge in [-0.3, -0.25) is 9.10 Å². The number of aryl methyl sites for hydroxylation is 1. The van der Waals surface area contributed by atoms with Crippen LogP contribution in [0.1, 0.15) is 24.5 Å². The van der Waals surface area contributed by atoms with Crippen LogP contribution in [0.5, 0.6) is 5.75 Å². The third kappa shape index (κ3) is 5.35. The first-order valence-electron chi connectivity index (χ1n) is 10.9. The lowest BCUT2D eigenvalue weighted by Crippen LogP contribution is -2.52. The number of nitrogens with zero attached hydrogens (tertiary/aromatic N) is 3. The van der Waals surface area contributed by atoms with Crippen molar-refractivity contribution < 1.29 is 17.9 Å². The number of rotatable bonds is 7. The standard InChI is InChI=1S/C24H33N3O4S/c1-6-23(31-21-12-10-20(11-13-21)25(4)32(5,29)30)24(28)27-16-14-26(15-17-27)22-9-7-8-18(2)19(22)3/h7-13,23H,6,14-17H2,1-5H3/t23-/m1/s1. The van der Waals surface area contributed by atoms with Crippen molar-refractivity contribution in [1.29, 1.82) is 0 Å². The van der Waals surface area contributed by atoms with E-state index in [0.29, 0.717) is 30.9 Å². The maximum atomic E-state index is 13.1. The normalized spacial score (nSPS) is 15.4. The molecule has 3 rings (SSSR count). The molecule has 1 saturated heterocycles. The van der Waals surface area contributed by atoms with Gasteiger partial charge < -0.3 is 14.5 Å². The molecule has 0 aromatic heterocycles. The van der Waals surface area contributed by atoms with E-state index in [0.717, 1.165) is 19.3 Å². The largest absolute Gasteiger partial charge is 0.481 e. The van der Waals surface area contributed by atoms with Crippen LogP contribution in [0.4, 0.5) is 11.4 Å². The minimum absolute atomic E-state index is 0.00885. The molecule has 0 aliphatic carbocycles. The summed E-state index contributed by atoms with van der Waals surface area (Å²) in [7, 11) is -1.83. The predicted octanol–water partition coefficient (Wildman–Crippen LogP) is 3.21. The molecule has 0 N–H and O–H groups in total. The zero-order chi connectivity index (χ0) is 23.5. The summed E-state index contributed by atoms with van der Waals surface area (Å²) in [5.41, 5.74) is 4.34. The molecule has 2 aromatic rings. The molecule has 2 aromatic carbocycles. The first-order valence-corrected chi connectivity index (χ1v) is 12.8. The molecule has 1 amide bonds. The molecule has 1 heterocycles. The fourth-order valence-corrected chi connectivity index (χ4v) is 4.35. The molecule has 1 aliphatic heterocycles. The number of ether oxygens (including phenoxy) is 1. The molecular formula is C24H33N3O4S. The van der Waals surface area contributed by atoms with Gasteiger partial charge in [0.2, 0.25) is 10.0 Å². The molecule has 0 bridgehead atoms. The highest BCUT2D eigenvalue weighted by atomic mass is 32.2. The van der Waals surface area contributed by atoms with E-state index in [-0.39, 0.29) is 5.91 Å². The van der Waals surface area contributed by atoms with Gasteiger partial charge in [0, 0.05) is 38.9 Å². The zero-order valence-electron chi connectivity index (χ0n) is 19.5. The third-order valence-electron chi connectivity index (χ3n) is 6.13. The van der Waals surface area contributed by atoms with Crippen LogP contribution in [0.15, 0.2) is 42.5 Å². The lowest BCUT2D eigenvalue weighted by atomic mass is 10.1. The molecule has 0 radical (unpaired) electrons. The van der Waals surface area contributed by atoms with Crippen molar-refractivity contribution in [2.24, 2.45) is 0 Å². The molecule has 1 aliphatic rings. The Kier molecular flexibility index (Phi) is 7.33. The van der Waals surface area contributed by atoms with Gasteiger partial charge in [0.25, 0.3) is 5.91 Å². The van der Waals surface area contributed by atoms with E-state index < -0.39 is 16.1 Å². The lowest BCUT2D eigenvalue weighted by molar-refractivity contribution is -0.139. The summed E-state index contributed by atoms with van der Waals surface area (Å²) < 4.78 is 30.6. The van der Waals surface area contributed by atoms with Gasteiger partial charge in [-0.1, -0.05) is 19.1 Å². The second-order valence-corrected chi connectivity index (χ2v) is 10.3. The van der Waals surface area contributed by atoms with E-state index >= 15 is 0 Å². The molecular weight excluding hydrogens is 426 g/mol. The smallest absolute Gasteiger partial charge is 0.263 e. The van der Waals surface area contributed by atoms with Crippen molar-refractivity contribution in [3.8, 4) is 5.75 Å². The van der Waals surface area contributed by atoms with Crippen LogP contribution in [0.3, 0.4) is 0 Å².